The fourth-order valence-corrected chi connectivity index (χ4v) is 2.80. The quantitative estimate of drug-likeness (QED) is 0.871. The number of anilines is 2. The van der Waals surface area contributed by atoms with Crippen LogP contribution in [0.4, 0.5) is 11.5 Å². The van der Waals surface area contributed by atoms with E-state index >= 15 is 0 Å². The molecule has 22 heavy (non-hydrogen) atoms. The molecule has 6 nitrogen and oxygen atoms in total. The van der Waals surface area contributed by atoms with Crippen LogP contribution in [0.3, 0.4) is 0 Å². The summed E-state index contributed by atoms with van der Waals surface area (Å²) < 4.78 is 10.8. The minimum Gasteiger partial charge on any atom is -0.381 e. The number of rotatable bonds is 5. The number of carbonyl (C=O) groups excluding carboxylic acids is 1. The molecule has 1 atom stereocenters. The highest BCUT2D eigenvalue weighted by atomic mass is 16.5. The molecule has 6 heteroatoms. The van der Waals surface area contributed by atoms with Crippen LogP contribution in [-0.2, 0) is 14.3 Å². The van der Waals surface area contributed by atoms with E-state index in [2.05, 4.69) is 15.6 Å². The molecule has 1 aromatic heterocycles. The SMILES string of the molecule is O=C(Nc1ccc(NCC2CCCO2)nc1)C1CCOCC1. The van der Waals surface area contributed by atoms with Crippen LogP contribution in [-0.4, -0.2) is 43.4 Å². The number of hydrogen-bond acceptors (Lipinski definition) is 5. The Hall–Kier alpha value is -1.66. The van der Waals surface area contributed by atoms with E-state index in [9.17, 15) is 4.79 Å². The van der Waals surface area contributed by atoms with Gasteiger partial charge in [-0.05, 0) is 37.8 Å². The van der Waals surface area contributed by atoms with Crippen molar-refractivity contribution < 1.29 is 14.3 Å². The first-order valence-corrected chi connectivity index (χ1v) is 8.01. The molecular formula is C16H23N3O3. The fraction of sp³-hybridized carbons (Fsp3) is 0.625. The average Bonchev–Trinajstić information content (AvgIpc) is 3.08. The largest absolute Gasteiger partial charge is 0.381 e. The highest BCUT2D eigenvalue weighted by molar-refractivity contribution is 5.92. The summed E-state index contributed by atoms with van der Waals surface area (Å²) in [5, 5.41) is 6.19. The third kappa shape index (κ3) is 4.18. The maximum Gasteiger partial charge on any atom is 0.227 e. The Kier molecular flexibility index (Phi) is 5.24. The lowest BCUT2D eigenvalue weighted by Crippen LogP contribution is -2.28. The molecule has 0 radical (unpaired) electrons. The zero-order chi connectivity index (χ0) is 15.2. The number of carbonyl (C=O) groups is 1. The van der Waals surface area contributed by atoms with Gasteiger partial charge in [0, 0.05) is 32.3 Å². The standard InChI is InChI=1S/C16H23N3O3/c20-16(12-5-8-21-9-6-12)19-13-3-4-15(17-10-13)18-11-14-2-1-7-22-14/h3-4,10,12,14H,1-2,5-9,11H2,(H,17,18)(H,19,20). The third-order valence-electron chi connectivity index (χ3n) is 4.16. The lowest BCUT2D eigenvalue weighted by atomic mass is 9.99. The van der Waals surface area contributed by atoms with Crippen LogP contribution in [0, 0.1) is 5.92 Å². The predicted octanol–water partition coefficient (Wildman–Crippen LogP) is 2.04. The number of aromatic nitrogens is 1. The number of amides is 1. The molecule has 3 heterocycles. The van der Waals surface area contributed by atoms with Crippen molar-refractivity contribution in [1.29, 1.82) is 0 Å². The van der Waals surface area contributed by atoms with Crippen LogP contribution in [0.2, 0.25) is 0 Å². The third-order valence-corrected chi connectivity index (χ3v) is 4.16. The van der Waals surface area contributed by atoms with Crippen molar-refractivity contribution in [1.82, 2.24) is 4.98 Å². The highest BCUT2D eigenvalue weighted by Crippen LogP contribution is 2.18. The van der Waals surface area contributed by atoms with E-state index in [4.69, 9.17) is 9.47 Å². The predicted molar refractivity (Wildman–Crippen MR) is 83.9 cm³/mol. The summed E-state index contributed by atoms with van der Waals surface area (Å²) in [6.45, 7) is 2.97. The molecule has 1 amide bonds. The van der Waals surface area contributed by atoms with Crippen LogP contribution in [0.5, 0.6) is 0 Å². The van der Waals surface area contributed by atoms with Gasteiger partial charge < -0.3 is 20.1 Å². The van der Waals surface area contributed by atoms with Crippen molar-refractivity contribution >= 4 is 17.4 Å². The van der Waals surface area contributed by atoms with Gasteiger partial charge in [0.1, 0.15) is 5.82 Å². The normalized spacial score (nSPS) is 22.5. The zero-order valence-corrected chi connectivity index (χ0v) is 12.7. The van der Waals surface area contributed by atoms with E-state index in [0.29, 0.717) is 13.2 Å². The number of nitrogens with zero attached hydrogens (tertiary/aromatic N) is 1. The summed E-state index contributed by atoms with van der Waals surface area (Å²) in [7, 11) is 0. The highest BCUT2D eigenvalue weighted by Gasteiger charge is 2.21. The lowest BCUT2D eigenvalue weighted by Gasteiger charge is -2.21. The van der Waals surface area contributed by atoms with Crippen molar-refractivity contribution in [3.05, 3.63) is 18.3 Å². The number of ether oxygens (including phenoxy) is 2. The first-order valence-electron chi connectivity index (χ1n) is 8.01. The van der Waals surface area contributed by atoms with Crippen LogP contribution < -0.4 is 10.6 Å². The zero-order valence-electron chi connectivity index (χ0n) is 12.7. The monoisotopic (exact) mass is 305 g/mol. The molecule has 0 aromatic carbocycles. The topological polar surface area (TPSA) is 72.5 Å². The van der Waals surface area contributed by atoms with Gasteiger partial charge in [0.15, 0.2) is 0 Å². The van der Waals surface area contributed by atoms with Crippen LogP contribution in [0.25, 0.3) is 0 Å². The lowest BCUT2D eigenvalue weighted by molar-refractivity contribution is -0.122. The first-order chi connectivity index (χ1) is 10.8. The number of pyridine rings is 1. The van der Waals surface area contributed by atoms with Crippen LogP contribution in [0.15, 0.2) is 18.3 Å². The molecule has 2 aliphatic rings. The second-order valence-electron chi connectivity index (χ2n) is 5.82. The van der Waals surface area contributed by atoms with E-state index < -0.39 is 0 Å². The van der Waals surface area contributed by atoms with Gasteiger partial charge in [-0.2, -0.15) is 0 Å². The Bertz CT molecular complexity index is 480. The van der Waals surface area contributed by atoms with E-state index in [1.54, 1.807) is 6.20 Å². The molecule has 0 spiro atoms. The molecule has 1 aromatic rings. The van der Waals surface area contributed by atoms with E-state index in [1.165, 1.54) is 0 Å². The molecule has 2 N–H and O–H groups in total. The van der Waals surface area contributed by atoms with E-state index in [1.807, 2.05) is 12.1 Å². The molecule has 2 aliphatic heterocycles. The van der Waals surface area contributed by atoms with Gasteiger partial charge in [-0.25, -0.2) is 4.98 Å². The Morgan fingerprint density at radius 2 is 2.09 bits per heavy atom. The maximum absolute atomic E-state index is 12.1. The van der Waals surface area contributed by atoms with E-state index in [0.717, 1.165) is 50.3 Å². The Balaban J connectivity index is 1.47. The summed E-state index contributed by atoms with van der Waals surface area (Å²) in [5.74, 6) is 0.913. The minimum atomic E-state index is 0.0473. The smallest absolute Gasteiger partial charge is 0.227 e. The summed E-state index contributed by atoms with van der Waals surface area (Å²) >= 11 is 0. The molecule has 0 aliphatic carbocycles. The fourth-order valence-electron chi connectivity index (χ4n) is 2.80. The Labute approximate surface area is 130 Å². The van der Waals surface area contributed by atoms with Crippen molar-refractivity contribution in [3.63, 3.8) is 0 Å². The molecule has 120 valence electrons. The van der Waals surface area contributed by atoms with Gasteiger partial charge in [-0.3, -0.25) is 4.79 Å². The molecule has 0 saturated carbocycles. The molecule has 0 bridgehead atoms. The summed E-state index contributed by atoms with van der Waals surface area (Å²) in [5.41, 5.74) is 0.735. The molecule has 3 rings (SSSR count). The van der Waals surface area contributed by atoms with Crippen molar-refractivity contribution in [2.45, 2.75) is 31.8 Å². The molecule has 2 fully saturated rings. The minimum absolute atomic E-state index is 0.0473. The second-order valence-corrected chi connectivity index (χ2v) is 5.82. The van der Waals surface area contributed by atoms with Crippen molar-refractivity contribution in [2.24, 2.45) is 5.92 Å². The number of nitrogens with one attached hydrogen (secondary N) is 2. The van der Waals surface area contributed by atoms with Crippen LogP contribution >= 0.6 is 0 Å². The van der Waals surface area contributed by atoms with Crippen LogP contribution in [0.1, 0.15) is 25.7 Å². The van der Waals surface area contributed by atoms with Gasteiger partial charge in [-0.15, -0.1) is 0 Å². The summed E-state index contributed by atoms with van der Waals surface area (Å²) in [6.07, 6.45) is 5.80. The molecule has 1 unspecified atom stereocenters. The average molecular weight is 305 g/mol. The Morgan fingerprint density at radius 3 is 2.77 bits per heavy atom. The number of hydrogen-bond donors (Lipinski definition) is 2. The molecule has 2 saturated heterocycles. The summed E-state index contributed by atoms with van der Waals surface area (Å²) in [6, 6.07) is 3.76. The van der Waals surface area contributed by atoms with Crippen molar-refractivity contribution in [2.75, 3.05) is 37.0 Å². The second kappa shape index (κ2) is 7.56. The first kappa shape index (κ1) is 15.2. The molecular weight excluding hydrogens is 282 g/mol. The van der Waals surface area contributed by atoms with Gasteiger partial charge >= 0.3 is 0 Å². The van der Waals surface area contributed by atoms with E-state index in [-0.39, 0.29) is 17.9 Å². The maximum atomic E-state index is 12.1. The Morgan fingerprint density at radius 1 is 1.23 bits per heavy atom. The van der Waals surface area contributed by atoms with Gasteiger partial charge in [-0.1, -0.05) is 0 Å². The summed E-state index contributed by atoms with van der Waals surface area (Å²) in [4.78, 5) is 16.5. The van der Waals surface area contributed by atoms with Gasteiger partial charge in [0.2, 0.25) is 5.91 Å². The van der Waals surface area contributed by atoms with Gasteiger partial charge in [0.05, 0.1) is 18.0 Å². The van der Waals surface area contributed by atoms with Crippen molar-refractivity contribution in [3.8, 4) is 0 Å². The van der Waals surface area contributed by atoms with Gasteiger partial charge in [0.25, 0.3) is 0 Å².